The van der Waals surface area contributed by atoms with Crippen molar-refractivity contribution in [3.05, 3.63) is 60.7 Å². The van der Waals surface area contributed by atoms with Gasteiger partial charge in [0.15, 0.2) is 15.5 Å². The smallest absolute Gasteiger partial charge is 0.127 e. The molecule has 2 aromatic rings. The van der Waals surface area contributed by atoms with Gasteiger partial charge in [-0.1, -0.05) is 62.0 Å². The SMILES string of the molecule is C[Si](C)(C)C#CC[S+](c1ccccc1)c1ccccc1. The minimum absolute atomic E-state index is 0.0627. The van der Waals surface area contributed by atoms with E-state index in [-0.39, 0.29) is 10.9 Å². The first-order valence-corrected chi connectivity index (χ1v) is 11.8. The predicted molar refractivity (Wildman–Crippen MR) is 92.8 cm³/mol. The first-order chi connectivity index (χ1) is 9.56. The molecule has 0 atom stereocenters. The van der Waals surface area contributed by atoms with Crippen LogP contribution < -0.4 is 0 Å². The van der Waals surface area contributed by atoms with E-state index in [1.807, 2.05) is 0 Å². The Morgan fingerprint density at radius 1 is 0.800 bits per heavy atom. The quantitative estimate of drug-likeness (QED) is 0.441. The fourth-order valence-electron chi connectivity index (χ4n) is 1.85. The van der Waals surface area contributed by atoms with Gasteiger partial charge in [-0.25, -0.2) is 0 Å². The molecule has 0 bridgehead atoms. The Balaban J connectivity index is 2.28. The Morgan fingerprint density at radius 3 is 1.65 bits per heavy atom. The van der Waals surface area contributed by atoms with Crippen molar-refractivity contribution in [2.75, 3.05) is 5.75 Å². The molecule has 2 aromatic carbocycles. The van der Waals surface area contributed by atoms with Gasteiger partial charge in [0.2, 0.25) is 0 Å². The van der Waals surface area contributed by atoms with E-state index in [1.165, 1.54) is 9.79 Å². The second kappa shape index (κ2) is 6.83. The molecule has 0 saturated heterocycles. The molecule has 0 aliphatic carbocycles. The van der Waals surface area contributed by atoms with E-state index in [4.69, 9.17) is 0 Å². The Bertz CT molecular complexity index is 549. The van der Waals surface area contributed by atoms with Gasteiger partial charge in [-0.15, -0.1) is 5.54 Å². The molecule has 0 nitrogen and oxygen atoms in total. The van der Waals surface area contributed by atoms with Crippen molar-refractivity contribution in [3.63, 3.8) is 0 Å². The normalized spacial score (nSPS) is 11.0. The highest BCUT2D eigenvalue weighted by atomic mass is 32.2. The molecule has 0 aliphatic heterocycles. The van der Waals surface area contributed by atoms with E-state index in [2.05, 4.69) is 91.8 Å². The van der Waals surface area contributed by atoms with Crippen molar-refractivity contribution in [2.45, 2.75) is 29.4 Å². The topological polar surface area (TPSA) is 0 Å². The summed E-state index contributed by atoms with van der Waals surface area (Å²) in [7, 11) is -1.22. The van der Waals surface area contributed by atoms with E-state index in [0.29, 0.717) is 0 Å². The number of rotatable bonds is 3. The Morgan fingerprint density at radius 2 is 1.25 bits per heavy atom. The fraction of sp³-hybridized carbons (Fsp3) is 0.222. The van der Waals surface area contributed by atoms with E-state index in [0.717, 1.165) is 5.75 Å². The van der Waals surface area contributed by atoms with Crippen molar-refractivity contribution < 1.29 is 0 Å². The molecular weight excluding hydrogens is 276 g/mol. The van der Waals surface area contributed by atoms with Gasteiger partial charge in [0.25, 0.3) is 0 Å². The van der Waals surface area contributed by atoms with Gasteiger partial charge in [0, 0.05) is 0 Å². The summed E-state index contributed by atoms with van der Waals surface area (Å²) in [5.41, 5.74) is 3.49. The average Bonchev–Trinajstić information content (AvgIpc) is 2.44. The summed E-state index contributed by atoms with van der Waals surface area (Å²) in [4.78, 5) is 2.76. The van der Waals surface area contributed by atoms with Crippen LogP contribution in [-0.4, -0.2) is 13.8 Å². The first kappa shape index (κ1) is 15.0. The van der Waals surface area contributed by atoms with Crippen LogP contribution in [0.5, 0.6) is 0 Å². The summed E-state index contributed by atoms with van der Waals surface area (Å²) in [6, 6.07) is 21.5. The van der Waals surface area contributed by atoms with E-state index in [9.17, 15) is 0 Å². The lowest BCUT2D eigenvalue weighted by Gasteiger charge is -2.06. The van der Waals surface area contributed by atoms with Crippen LogP contribution in [-0.2, 0) is 10.9 Å². The molecule has 2 rings (SSSR count). The van der Waals surface area contributed by atoms with Gasteiger partial charge in [-0.3, -0.25) is 0 Å². The molecule has 0 aliphatic rings. The lowest BCUT2D eigenvalue weighted by atomic mass is 10.4. The third-order valence-corrected chi connectivity index (χ3v) is 5.78. The largest absolute Gasteiger partial charge is 0.178 e. The zero-order chi connectivity index (χ0) is 14.4. The van der Waals surface area contributed by atoms with Gasteiger partial charge in [-0.05, 0) is 24.3 Å². The highest BCUT2D eigenvalue weighted by Gasteiger charge is 2.23. The summed E-state index contributed by atoms with van der Waals surface area (Å²) < 4.78 is 0. The van der Waals surface area contributed by atoms with Crippen LogP contribution in [0.4, 0.5) is 0 Å². The summed E-state index contributed by atoms with van der Waals surface area (Å²) in [6.07, 6.45) is 0. The molecular formula is C18H21SSi+. The van der Waals surface area contributed by atoms with Crippen molar-refractivity contribution in [3.8, 4) is 11.5 Å². The zero-order valence-electron chi connectivity index (χ0n) is 12.4. The lowest BCUT2D eigenvalue weighted by molar-refractivity contribution is 1.37. The maximum Gasteiger partial charge on any atom is 0.178 e. The first-order valence-electron chi connectivity index (χ1n) is 6.87. The van der Waals surface area contributed by atoms with Gasteiger partial charge < -0.3 is 0 Å². The molecule has 0 unspecified atom stereocenters. The molecule has 0 N–H and O–H groups in total. The number of hydrogen-bond acceptors (Lipinski definition) is 0. The summed E-state index contributed by atoms with van der Waals surface area (Å²) in [5.74, 6) is 4.38. The van der Waals surface area contributed by atoms with Crippen molar-refractivity contribution in [2.24, 2.45) is 0 Å². The Kier molecular flexibility index (Phi) is 5.11. The van der Waals surface area contributed by atoms with Crippen molar-refractivity contribution in [1.29, 1.82) is 0 Å². The zero-order valence-corrected chi connectivity index (χ0v) is 14.2. The molecule has 0 heterocycles. The molecule has 0 spiro atoms. The summed E-state index contributed by atoms with van der Waals surface area (Å²) in [6.45, 7) is 6.88. The Labute approximate surface area is 126 Å². The summed E-state index contributed by atoms with van der Waals surface area (Å²) in [5, 5.41) is 0. The summed E-state index contributed by atoms with van der Waals surface area (Å²) >= 11 is 0. The molecule has 0 radical (unpaired) electrons. The van der Waals surface area contributed by atoms with E-state index < -0.39 is 8.07 Å². The minimum Gasteiger partial charge on any atom is -0.127 e. The van der Waals surface area contributed by atoms with E-state index >= 15 is 0 Å². The van der Waals surface area contributed by atoms with Gasteiger partial charge in [-0.2, -0.15) is 0 Å². The highest BCUT2D eigenvalue weighted by molar-refractivity contribution is 7.97. The second-order valence-corrected chi connectivity index (χ2v) is 12.5. The molecule has 102 valence electrons. The van der Waals surface area contributed by atoms with Crippen molar-refractivity contribution in [1.82, 2.24) is 0 Å². The van der Waals surface area contributed by atoms with Crippen LogP contribution in [0.15, 0.2) is 70.5 Å². The highest BCUT2D eigenvalue weighted by Crippen LogP contribution is 2.22. The molecule has 0 fully saturated rings. The van der Waals surface area contributed by atoms with Crippen LogP contribution in [0.1, 0.15) is 0 Å². The van der Waals surface area contributed by atoms with Crippen molar-refractivity contribution >= 4 is 19.0 Å². The third-order valence-electron chi connectivity index (χ3n) is 2.74. The van der Waals surface area contributed by atoms with Crippen LogP contribution in [0.2, 0.25) is 19.6 Å². The van der Waals surface area contributed by atoms with Crippen LogP contribution in [0.25, 0.3) is 0 Å². The van der Waals surface area contributed by atoms with Crippen LogP contribution >= 0.6 is 0 Å². The monoisotopic (exact) mass is 297 g/mol. The number of hydrogen-bond donors (Lipinski definition) is 0. The molecule has 2 heteroatoms. The number of benzene rings is 2. The second-order valence-electron chi connectivity index (χ2n) is 5.71. The Hall–Kier alpha value is -1.43. The molecule has 0 aromatic heterocycles. The maximum atomic E-state index is 3.49. The van der Waals surface area contributed by atoms with Gasteiger partial charge in [0.1, 0.15) is 8.07 Å². The van der Waals surface area contributed by atoms with Crippen LogP contribution in [0.3, 0.4) is 0 Å². The van der Waals surface area contributed by atoms with Gasteiger partial charge >= 0.3 is 0 Å². The van der Waals surface area contributed by atoms with Crippen LogP contribution in [0, 0.1) is 11.5 Å². The molecule has 0 saturated carbocycles. The van der Waals surface area contributed by atoms with Gasteiger partial charge in [0.05, 0.1) is 10.9 Å². The lowest BCUT2D eigenvalue weighted by Crippen LogP contribution is -2.17. The minimum atomic E-state index is -1.28. The third kappa shape index (κ3) is 4.59. The molecule has 20 heavy (non-hydrogen) atoms. The molecule has 0 amide bonds. The average molecular weight is 298 g/mol. The maximum absolute atomic E-state index is 3.49. The standard InChI is InChI=1S/C18H21SSi/c1-20(2,3)16-10-15-19(17-11-6-4-7-12-17)18-13-8-5-9-14-18/h4-9,11-14H,15H2,1-3H3/q+1. The van der Waals surface area contributed by atoms with E-state index in [1.54, 1.807) is 0 Å². The fourth-order valence-corrected chi connectivity index (χ4v) is 4.39. The predicted octanol–water partition coefficient (Wildman–Crippen LogP) is 4.60.